The van der Waals surface area contributed by atoms with Crippen molar-refractivity contribution in [2.45, 2.75) is 50.4 Å². The Morgan fingerprint density at radius 2 is 1.52 bits per heavy atom. The van der Waals surface area contributed by atoms with E-state index in [-0.39, 0.29) is 5.41 Å². The van der Waals surface area contributed by atoms with Gasteiger partial charge in [-0.25, -0.2) is 0 Å². The van der Waals surface area contributed by atoms with E-state index in [0.29, 0.717) is 17.8 Å². The number of hydrogen-bond acceptors (Lipinski definition) is 1. The zero-order valence-corrected chi connectivity index (χ0v) is 26.7. The smallest absolute Gasteiger partial charge is 0.0464 e. The highest BCUT2D eigenvalue weighted by atomic mass is 15.2. The first-order valence-corrected chi connectivity index (χ1v) is 16.9. The molecular weight excluding hydrogens is 555 g/mol. The van der Waals surface area contributed by atoms with E-state index in [2.05, 4.69) is 164 Å². The fraction of sp³-hybridized carbons (Fsp3) is 0.200. The van der Waals surface area contributed by atoms with Crippen molar-refractivity contribution in [2.24, 2.45) is 5.92 Å². The third-order valence-electron chi connectivity index (χ3n) is 11.2. The normalized spacial score (nSPS) is 22.3. The molecule has 4 aliphatic rings. The molecule has 0 saturated heterocycles. The van der Waals surface area contributed by atoms with Crippen molar-refractivity contribution in [3.63, 3.8) is 0 Å². The van der Waals surface area contributed by atoms with Crippen LogP contribution in [0.25, 0.3) is 27.6 Å². The van der Waals surface area contributed by atoms with E-state index in [4.69, 9.17) is 0 Å². The van der Waals surface area contributed by atoms with Crippen molar-refractivity contribution < 1.29 is 0 Å². The average Bonchev–Trinajstić information content (AvgIpc) is 3.35. The number of nitrogens with zero attached hydrogens (tertiary/aromatic N) is 1. The molecule has 5 aromatic carbocycles. The molecule has 1 nitrogen and oxygen atoms in total. The zero-order valence-electron chi connectivity index (χ0n) is 26.7. The molecule has 3 unspecified atom stereocenters. The molecule has 224 valence electrons. The summed E-state index contributed by atoms with van der Waals surface area (Å²) in [4.78, 5) is 2.57. The Morgan fingerprint density at radius 1 is 0.739 bits per heavy atom. The van der Waals surface area contributed by atoms with E-state index in [1.807, 2.05) is 0 Å². The highest BCUT2D eigenvalue weighted by Gasteiger charge is 2.45. The van der Waals surface area contributed by atoms with Gasteiger partial charge in [-0.15, -0.1) is 0 Å². The standard InChI is InChI=1S/C45H39N/c1-45(2)43-22-11-10-21-40(43)41-26-24-34(29-44(41)45)46(32-16-12-15-31(27-32)30-13-4-3-5-14-30)33-23-25-39-37-19-7-6-17-35(37)36-18-8-9-20-38(36)42(39)28-33/h3-8,10-19,21-26,28-29,31,41,44H,9,20,27H2,1-2H3. The van der Waals surface area contributed by atoms with Gasteiger partial charge in [-0.2, -0.15) is 0 Å². The minimum absolute atomic E-state index is 0.0596. The zero-order chi connectivity index (χ0) is 30.8. The lowest BCUT2D eigenvalue weighted by Crippen LogP contribution is -2.30. The summed E-state index contributed by atoms with van der Waals surface area (Å²) in [5, 5.41) is 5.45. The Hall–Kier alpha value is -4.88. The summed E-state index contributed by atoms with van der Waals surface area (Å²) in [5.74, 6) is 1.16. The van der Waals surface area contributed by atoms with Crippen LogP contribution in [0.2, 0.25) is 0 Å². The second kappa shape index (κ2) is 10.6. The van der Waals surface area contributed by atoms with Gasteiger partial charge in [-0.1, -0.05) is 135 Å². The third kappa shape index (κ3) is 4.22. The van der Waals surface area contributed by atoms with Gasteiger partial charge in [-0.3, -0.25) is 0 Å². The number of hydrogen-bond donors (Lipinski definition) is 0. The van der Waals surface area contributed by atoms with E-state index in [0.717, 1.165) is 19.3 Å². The summed E-state index contributed by atoms with van der Waals surface area (Å²) < 4.78 is 0. The van der Waals surface area contributed by atoms with Crippen molar-refractivity contribution in [3.8, 4) is 0 Å². The molecule has 0 radical (unpaired) electrons. The number of benzene rings is 5. The number of anilines is 1. The molecular formula is C45H39N. The van der Waals surface area contributed by atoms with Crippen LogP contribution in [-0.2, 0) is 11.8 Å². The Labute approximate surface area is 272 Å². The van der Waals surface area contributed by atoms with Gasteiger partial charge in [0.15, 0.2) is 0 Å². The Kier molecular flexibility index (Phi) is 6.32. The fourth-order valence-corrected chi connectivity index (χ4v) is 8.87. The molecule has 0 N–H and O–H groups in total. The van der Waals surface area contributed by atoms with Gasteiger partial charge in [0.05, 0.1) is 0 Å². The quantitative estimate of drug-likeness (QED) is 0.187. The molecule has 3 atom stereocenters. The minimum Gasteiger partial charge on any atom is -0.314 e. The van der Waals surface area contributed by atoms with E-state index in [1.165, 1.54) is 66.4 Å². The van der Waals surface area contributed by atoms with Crippen molar-refractivity contribution in [1.82, 2.24) is 0 Å². The van der Waals surface area contributed by atoms with E-state index in [1.54, 1.807) is 0 Å². The fourth-order valence-electron chi connectivity index (χ4n) is 8.87. The predicted molar refractivity (Wildman–Crippen MR) is 195 cm³/mol. The molecule has 0 amide bonds. The Morgan fingerprint density at radius 3 is 2.41 bits per heavy atom. The van der Waals surface area contributed by atoms with Crippen LogP contribution in [0.4, 0.5) is 5.69 Å². The summed E-state index contributed by atoms with van der Waals surface area (Å²) in [6.07, 6.45) is 22.3. The third-order valence-corrected chi connectivity index (χ3v) is 11.2. The first-order valence-electron chi connectivity index (χ1n) is 16.9. The molecule has 4 aliphatic carbocycles. The molecule has 0 fully saturated rings. The maximum atomic E-state index is 2.59. The molecule has 1 heteroatoms. The lowest BCUT2D eigenvalue weighted by atomic mass is 9.74. The average molecular weight is 594 g/mol. The SMILES string of the molecule is CC1(C)c2ccccc2C2C=CC(N(C3=CC=CC(c4ccccc4)C3)c3ccc4c(c3)c3c(c5ccccc54)C=CCC3)=CC21. The number of rotatable bonds is 4. The molecule has 0 spiro atoms. The summed E-state index contributed by atoms with van der Waals surface area (Å²) in [5.41, 5.74) is 11.1. The Bertz CT molecular complexity index is 2170. The molecule has 0 heterocycles. The van der Waals surface area contributed by atoms with Gasteiger partial charge in [0.2, 0.25) is 0 Å². The summed E-state index contributed by atoms with van der Waals surface area (Å²) in [7, 11) is 0. The van der Waals surface area contributed by atoms with Crippen molar-refractivity contribution >= 4 is 33.3 Å². The van der Waals surface area contributed by atoms with Gasteiger partial charge < -0.3 is 4.90 Å². The number of fused-ring (bicyclic) bond motifs is 9. The molecule has 0 saturated carbocycles. The Balaban J connectivity index is 1.22. The number of allylic oxidation sites excluding steroid dienone is 8. The first kappa shape index (κ1) is 27.4. The lowest BCUT2D eigenvalue weighted by molar-refractivity contribution is 0.392. The maximum Gasteiger partial charge on any atom is 0.0464 e. The highest BCUT2D eigenvalue weighted by Crippen LogP contribution is 2.54. The molecule has 46 heavy (non-hydrogen) atoms. The van der Waals surface area contributed by atoms with Gasteiger partial charge in [-0.05, 0) is 104 Å². The van der Waals surface area contributed by atoms with E-state index < -0.39 is 0 Å². The first-order chi connectivity index (χ1) is 22.6. The van der Waals surface area contributed by atoms with E-state index in [9.17, 15) is 0 Å². The van der Waals surface area contributed by atoms with Crippen LogP contribution in [0.1, 0.15) is 66.3 Å². The molecule has 9 rings (SSSR count). The molecule has 0 bridgehead atoms. The summed E-state index contributed by atoms with van der Waals surface area (Å²) in [6.45, 7) is 4.87. The maximum absolute atomic E-state index is 2.59. The number of aryl methyl sites for hydroxylation is 1. The van der Waals surface area contributed by atoms with Gasteiger partial charge in [0.1, 0.15) is 0 Å². The van der Waals surface area contributed by atoms with Crippen LogP contribution >= 0.6 is 0 Å². The molecule has 0 aliphatic heterocycles. The van der Waals surface area contributed by atoms with Crippen LogP contribution in [0.15, 0.2) is 151 Å². The largest absolute Gasteiger partial charge is 0.314 e. The second-order valence-electron chi connectivity index (χ2n) is 14.0. The van der Waals surface area contributed by atoms with E-state index >= 15 is 0 Å². The topological polar surface area (TPSA) is 3.24 Å². The molecule has 0 aromatic heterocycles. The van der Waals surface area contributed by atoms with Gasteiger partial charge >= 0.3 is 0 Å². The van der Waals surface area contributed by atoms with Crippen LogP contribution < -0.4 is 4.90 Å². The second-order valence-corrected chi connectivity index (χ2v) is 14.0. The minimum atomic E-state index is 0.0596. The van der Waals surface area contributed by atoms with Crippen LogP contribution in [0.5, 0.6) is 0 Å². The van der Waals surface area contributed by atoms with Gasteiger partial charge in [0, 0.05) is 28.9 Å². The van der Waals surface area contributed by atoms with Crippen molar-refractivity contribution in [3.05, 3.63) is 179 Å². The summed E-state index contributed by atoms with van der Waals surface area (Å²) in [6, 6.07) is 36.3. The van der Waals surface area contributed by atoms with Crippen molar-refractivity contribution in [1.29, 1.82) is 0 Å². The summed E-state index contributed by atoms with van der Waals surface area (Å²) >= 11 is 0. The molecule has 5 aromatic rings. The lowest BCUT2D eigenvalue weighted by Gasteiger charge is -2.37. The monoisotopic (exact) mass is 593 g/mol. The van der Waals surface area contributed by atoms with Gasteiger partial charge in [0.25, 0.3) is 0 Å². The van der Waals surface area contributed by atoms with Crippen LogP contribution in [-0.4, -0.2) is 0 Å². The van der Waals surface area contributed by atoms with Crippen molar-refractivity contribution in [2.75, 3.05) is 4.90 Å². The van der Waals surface area contributed by atoms with Crippen LogP contribution in [0, 0.1) is 5.92 Å². The van der Waals surface area contributed by atoms with Crippen LogP contribution in [0.3, 0.4) is 0 Å². The highest BCUT2D eigenvalue weighted by molar-refractivity contribution is 6.13. The predicted octanol–water partition coefficient (Wildman–Crippen LogP) is 11.5.